The van der Waals surface area contributed by atoms with Gasteiger partial charge in [-0.15, -0.1) is 18.2 Å². The number of nitrogens with zero attached hydrogens (tertiary/aromatic N) is 4. The second-order valence-electron chi connectivity index (χ2n) is 19.7. The number of pyridine rings is 2. The van der Waals surface area contributed by atoms with Crippen LogP contribution in [0, 0.1) is 24.0 Å². The molecule has 0 aliphatic heterocycles. The largest absolute Gasteiger partial charge is 0.486 e. The molecular weight excluding hydrogens is 1010 g/mol. The fourth-order valence-electron chi connectivity index (χ4n) is 9.71. The average molecular weight is 1070 g/mol. The van der Waals surface area contributed by atoms with Crippen LogP contribution in [0.5, 0.6) is 0 Å². The van der Waals surface area contributed by atoms with Crippen LogP contribution in [-0.2, 0) is 33.1 Å². The van der Waals surface area contributed by atoms with Crippen molar-refractivity contribution in [2.75, 3.05) is 0 Å². The number of rotatable bonds is 11. The number of imidazole rings is 1. The van der Waals surface area contributed by atoms with Gasteiger partial charge in [-0.3, -0.25) is 4.98 Å². The Labute approximate surface area is 392 Å². The van der Waals surface area contributed by atoms with E-state index in [1.807, 2.05) is 24.3 Å². The minimum Gasteiger partial charge on any atom is -0.486 e. The van der Waals surface area contributed by atoms with Crippen LogP contribution in [0.4, 0.5) is 0 Å². The second-order valence-corrected chi connectivity index (χ2v) is 30.3. The van der Waals surface area contributed by atoms with E-state index in [4.69, 9.17) is 19.4 Å². The van der Waals surface area contributed by atoms with Gasteiger partial charge in [0, 0.05) is 43.6 Å². The van der Waals surface area contributed by atoms with Crippen molar-refractivity contribution in [2.24, 2.45) is 11.8 Å². The summed E-state index contributed by atoms with van der Waals surface area (Å²) in [6.07, 6.45) is 8.54. The molecule has 9 rings (SSSR count). The van der Waals surface area contributed by atoms with E-state index in [0.29, 0.717) is 35.3 Å². The van der Waals surface area contributed by atoms with Gasteiger partial charge in [-0.25, -0.2) is 4.98 Å². The number of hydrogen-bond donors (Lipinski definition) is 0. The van der Waals surface area contributed by atoms with Crippen LogP contribution in [0.3, 0.4) is 0 Å². The number of para-hydroxylation sites is 2. The van der Waals surface area contributed by atoms with Crippen LogP contribution in [0.25, 0.3) is 55.7 Å². The minimum atomic E-state index is -1.86. The molecule has 0 N–H and O–H groups in total. The van der Waals surface area contributed by atoms with Crippen molar-refractivity contribution in [3.05, 3.63) is 143 Å². The Morgan fingerprint density at radius 1 is 0.762 bits per heavy atom. The predicted molar refractivity (Wildman–Crippen MR) is 263 cm³/mol. The van der Waals surface area contributed by atoms with Crippen LogP contribution in [0.2, 0.25) is 17.3 Å². The second kappa shape index (κ2) is 19.8. The first-order valence-corrected chi connectivity index (χ1v) is 30.4. The van der Waals surface area contributed by atoms with Gasteiger partial charge in [-0.2, -0.15) is 0 Å². The summed E-state index contributed by atoms with van der Waals surface area (Å²) in [5.74, 6) is 10.9. The maximum atomic E-state index is 6.62. The molecule has 1 aliphatic rings. The molecule has 63 heavy (non-hydrogen) atoms. The van der Waals surface area contributed by atoms with E-state index in [9.17, 15) is 0 Å². The minimum absolute atomic E-state index is 0. The molecule has 1 fully saturated rings. The smallest absolute Gasteiger partial charge is 0.216 e. The van der Waals surface area contributed by atoms with Gasteiger partial charge in [0.1, 0.15) is 0 Å². The quantitative estimate of drug-likeness (QED) is 0.0957. The summed E-state index contributed by atoms with van der Waals surface area (Å²) in [5, 5.41) is 2.12. The number of fused-ring (bicyclic) bond motifs is 4. The normalized spacial score (nSPS) is 13.9. The molecule has 1 saturated carbocycles. The molecule has 5 nitrogen and oxygen atoms in total. The topological polar surface area (TPSA) is 56.7 Å². The van der Waals surface area contributed by atoms with Crippen LogP contribution in [-0.4, -0.2) is 32.8 Å². The molecular formula is C56H64GeIrN4O-2. The molecule has 1 radical (unpaired) electrons. The van der Waals surface area contributed by atoms with Crippen LogP contribution >= 0.6 is 0 Å². The van der Waals surface area contributed by atoms with Gasteiger partial charge >= 0.3 is 126 Å². The Morgan fingerprint density at radius 3 is 2.14 bits per heavy atom. The summed E-state index contributed by atoms with van der Waals surface area (Å²) in [6, 6.07) is 40.9. The van der Waals surface area contributed by atoms with Crippen molar-refractivity contribution in [2.45, 2.75) is 122 Å². The van der Waals surface area contributed by atoms with E-state index in [1.165, 1.54) is 47.9 Å². The Hall–Kier alpha value is -4.36. The molecule has 0 saturated heterocycles. The predicted octanol–water partition coefficient (Wildman–Crippen LogP) is 14.7. The van der Waals surface area contributed by atoms with E-state index in [-0.39, 0.29) is 20.1 Å². The molecule has 1 unspecified atom stereocenters. The first kappa shape index (κ1) is 46.6. The fourth-order valence-corrected chi connectivity index (χ4v) is 13.0. The first-order valence-electron chi connectivity index (χ1n) is 23.1. The van der Waals surface area contributed by atoms with E-state index in [1.54, 1.807) is 4.40 Å². The van der Waals surface area contributed by atoms with Crippen molar-refractivity contribution < 1.29 is 24.5 Å². The van der Waals surface area contributed by atoms with E-state index in [0.717, 1.165) is 68.7 Å². The summed E-state index contributed by atoms with van der Waals surface area (Å²) in [6.45, 7) is 16.8. The summed E-state index contributed by atoms with van der Waals surface area (Å²) in [5.41, 5.74) is 13.5. The van der Waals surface area contributed by atoms with Gasteiger partial charge in [0.05, 0.1) is 22.4 Å². The number of benzene rings is 4. The summed E-state index contributed by atoms with van der Waals surface area (Å²) < 4.78 is 10.5. The van der Waals surface area contributed by atoms with E-state index in [2.05, 4.69) is 161 Å². The molecule has 4 heterocycles. The van der Waals surface area contributed by atoms with Crippen molar-refractivity contribution in [1.29, 1.82) is 0 Å². The van der Waals surface area contributed by atoms with Gasteiger partial charge < -0.3 is 8.98 Å². The number of hydrogen-bond acceptors (Lipinski definition) is 4. The van der Waals surface area contributed by atoms with Gasteiger partial charge in [0.25, 0.3) is 0 Å². The Balaban J connectivity index is 0.000000239. The number of aromatic nitrogens is 4. The van der Waals surface area contributed by atoms with Crippen LogP contribution in [0.15, 0.2) is 108 Å². The van der Waals surface area contributed by atoms with Gasteiger partial charge in [0.15, 0.2) is 0 Å². The van der Waals surface area contributed by atoms with Gasteiger partial charge in [0.2, 0.25) is 5.71 Å². The average Bonchev–Trinajstić information content (AvgIpc) is 4.01. The van der Waals surface area contributed by atoms with Crippen molar-refractivity contribution in [3.63, 3.8) is 0 Å². The molecule has 1 atom stereocenters. The third kappa shape index (κ3) is 9.99. The summed E-state index contributed by atoms with van der Waals surface area (Å²) in [4.78, 5) is 15.0. The van der Waals surface area contributed by atoms with Gasteiger partial charge in [-0.05, 0) is 71.6 Å². The summed E-state index contributed by atoms with van der Waals surface area (Å²) in [7, 11) is 0. The molecule has 1 aliphatic carbocycles. The van der Waals surface area contributed by atoms with Gasteiger partial charge in [-0.1, -0.05) is 88.7 Å². The Bertz CT molecular complexity index is 2780. The standard InChI is InChI=1S/C38H40N3O.C18H24GeN.Ir/c1-23(2)27-14-10-15-28(24(3)4)32(27)22-41-35-19-9-8-18-34(35)39-37(41)31-17-11-16-29-30-20-21-33(40-38(30)42-36(29)31)25(5)26-12-6-7-13-26;1-14(2)11-16-12-18(15-9-7-6-8-10-15)20-13-17(16)19(3,4)5;/h8-11,14-16,18-21,23-26H,6-7,12-13,22H2,1-5H3;6-9,12-14H,11H2,1-5H3;/q2*-1;. The zero-order valence-corrected chi connectivity index (χ0v) is 43.5. The molecule has 8 aromatic rings. The van der Waals surface area contributed by atoms with Crippen molar-refractivity contribution in [3.8, 4) is 22.6 Å². The van der Waals surface area contributed by atoms with Crippen molar-refractivity contribution in [1.82, 2.24) is 19.5 Å². The van der Waals surface area contributed by atoms with Crippen molar-refractivity contribution >= 4 is 50.8 Å². The third-order valence-electron chi connectivity index (χ3n) is 13.0. The Kier molecular flexibility index (Phi) is 14.7. The Morgan fingerprint density at radius 2 is 1.48 bits per heavy atom. The zero-order chi connectivity index (χ0) is 43.7. The molecule has 4 aromatic carbocycles. The SMILES string of the molecule is CC(C)Cc1cc(-c2[c-]cccc2)nc[c]1[Ge]([CH3])([CH3])[CH3].CC(C)c1cccc(C(C)C)c1Cn1c(-c2[c-]ccc3c2oc2nc(C(C)C4CCCC4)ccc23)nc2ccccc21.[Ir]. The van der Waals surface area contributed by atoms with E-state index < -0.39 is 13.3 Å². The molecule has 0 bridgehead atoms. The van der Waals surface area contributed by atoms with Crippen LogP contribution < -0.4 is 4.40 Å². The fraction of sp³-hybridized carbons (Fsp3) is 0.375. The third-order valence-corrected chi connectivity index (χ3v) is 17.3. The molecule has 7 heteroatoms. The maximum absolute atomic E-state index is 6.62. The zero-order valence-electron chi connectivity index (χ0n) is 39.0. The maximum Gasteiger partial charge on any atom is 0.216 e. The number of furan rings is 1. The monoisotopic (exact) mass is 1080 g/mol. The first-order chi connectivity index (χ1) is 29.8. The van der Waals surface area contributed by atoms with E-state index >= 15 is 0 Å². The molecule has 0 amide bonds. The molecule has 4 aromatic heterocycles. The molecule has 329 valence electrons. The van der Waals surface area contributed by atoms with Crippen LogP contribution in [0.1, 0.15) is 120 Å². The summed E-state index contributed by atoms with van der Waals surface area (Å²) >= 11 is -1.86. The molecule has 0 spiro atoms.